The van der Waals surface area contributed by atoms with Gasteiger partial charge in [0.25, 0.3) is 0 Å². The molecule has 0 N–H and O–H groups in total. The second kappa shape index (κ2) is 9.56. The molecule has 0 heterocycles. The Hall–Kier alpha value is -1.32. The van der Waals surface area contributed by atoms with E-state index in [2.05, 4.69) is 50.3 Å². The molecule has 0 bridgehead atoms. The highest BCUT2D eigenvalue weighted by Crippen LogP contribution is 2.24. The van der Waals surface area contributed by atoms with E-state index in [0.717, 1.165) is 22.0 Å². The number of hydrogen-bond donors (Lipinski definition) is 0. The van der Waals surface area contributed by atoms with Crippen molar-refractivity contribution in [1.29, 1.82) is 0 Å². The van der Waals surface area contributed by atoms with Crippen LogP contribution in [0, 0.1) is 41.5 Å². The zero-order chi connectivity index (χ0) is 15.7. The molecule has 1 aromatic carbocycles. The van der Waals surface area contributed by atoms with Crippen LogP contribution >= 0.6 is 22.0 Å². The number of isocyanates is 2. The van der Waals surface area contributed by atoms with Gasteiger partial charge < -0.3 is 0 Å². The molecule has 0 atom stereocenters. The van der Waals surface area contributed by atoms with Crippen LogP contribution in [0.15, 0.2) is 8.80 Å². The van der Waals surface area contributed by atoms with Crippen molar-refractivity contribution in [3.63, 3.8) is 0 Å². The van der Waals surface area contributed by atoms with E-state index in [1.165, 1.54) is 45.5 Å². The number of nitrogens with zero attached hydrogens (tertiary/aromatic N) is 2. The van der Waals surface area contributed by atoms with Crippen molar-refractivity contribution in [2.24, 2.45) is 8.80 Å². The molecule has 0 unspecified atom stereocenters. The largest absolute Gasteiger partial charge is 0.248 e. The summed E-state index contributed by atoms with van der Waals surface area (Å²) in [5.74, 6) is 0. The van der Waals surface area contributed by atoms with Crippen molar-refractivity contribution in [3.05, 3.63) is 33.4 Å². The summed E-state index contributed by atoms with van der Waals surface area (Å²) < 4.78 is 6.02. The molecule has 1 aromatic rings. The molecule has 20 heavy (non-hydrogen) atoms. The van der Waals surface area contributed by atoms with Gasteiger partial charge in [-0.1, -0.05) is 0 Å². The summed E-state index contributed by atoms with van der Waals surface area (Å²) >= 11 is 0. The van der Waals surface area contributed by atoms with Crippen LogP contribution in [0.5, 0.6) is 0 Å². The molecule has 0 radical (unpaired) electrons. The predicted octanol–water partition coefficient (Wildman–Crippen LogP) is 4.41. The quantitative estimate of drug-likeness (QED) is 0.273. The van der Waals surface area contributed by atoms with Gasteiger partial charge in [0.2, 0.25) is 12.2 Å². The number of hydrogen-bond acceptors (Lipinski definition) is 6. The molecule has 0 amide bonds. The van der Waals surface area contributed by atoms with Crippen molar-refractivity contribution >= 4 is 34.1 Å². The van der Waals surface area contributed by atoms with Gasteiger partial charge in [-0.15, -0.1) is 8.80 Å². The molecule has 0 saturated carbocycles. The average Bonchev–Trinajstić information content (AvgIpc) is 2.46. The average molecular weight is 310 g/mol. The molecule has 108 valence electrons. The summed E-state index contributed by atoms with van der Waals surface area (Å²) in [6.45, 7) is 13.3. The van der Waals surface area contributed by atoms with Crippen molar-refractivity contribution in [2.45, 2.75) is 41.5 Å². The fourth-order valence-corrected chi connectivity index (χ4v) is 2.26. The minimum Gasteiger partial charge on any atom is -0.210 e. The summed E-state index contributed by atoms with van der Waals surface area (Å²) in [6.07, 6.45) is 2.51. The van der Waals surface area contributed by atoms with Gasteiger partial charge in [0.1, 0.15) is 0 Å². The van der Waals surface area contributed by atoms with Crippen LogP contribution in [0.2, 0.25) is 0 Å². The Bertz CT molecular complexity index is 450. The summed E-state index contributed by atoms with van der Waals surface area (Å²) in [7, 11) is 1.53. The Balaban J connectivity index is 0.000000396. The lowest BCUT2D eigenvalue weighted by atomic mass is 9.90. The third-order valence-electron chi connectivity index (χ3n) is 3.56. The molecule has 0 aromatic heterocycles. The van der Waals surface area contributed by atoms with Gasteiger partial charge in [0.15, 0.2) is 0 Å². The molecule has 0 aliphatic heterocycles. The van der Waals surface area contributed by atoms with E-state index in [4.69, 9.17) is 0 Å². The third kappa shape index (κ3) is 5.35. The first-order valence-electron chi connectivity index (χ1n) is 5.89. The number of rotatable bonds is 3. The molecule has 0 saturated heterocycles. The molecule has 6 heteroatoms. The van der Waals surface area contributed by atoms with E-state index in [0.29, 0.717) is 0 Å². The molecular weight excluding hydrogens is 292 g/mol. The smallest absolute Gasteiger partial charge is 0.210 e. The molecular formula is C14H18N2O2S2. The minimum absolute atomic E-state index is 0.767. The Labute approximate surface area is 127 Å². The Morgan fingerprint density at radius 1 is 0.600 bits per heavy atom. The fraction of sp³-hybridized carbons (Fsp3) is 0.429. The van der Waals surface area contributed by atoms with Gasteiger partial charge in [0, 0.05) is 0 Å². The van der Waals surface area contributed by atoms with E-state index >= 15 is 0 Å². The van der Waals surface area contributed by atoms with E-state index in [1.54, 1.807) is 0 Å². The maximum Gasteiger partial charge on any atom is 0.248 e. The fourth-order valence-electron chi connectivity index (χ4n) is 1.75. The van der Waals surface area contributed by atoms with Crippen molar-refractivity contribution < 1.29 is 9.59 Å². The van der Waals surface area contributed by atoms with Crippen LogP contribution < -0.4 is 0 Å². The highest BCUT2D eigenvalue weighted by atomic mass is 33.1. The van der Waals surface area contributed by atoms with Crippen LogP contribution in [0.4, 0.5) is 0 Å². The lowest BCUT2D eigenvalue weighted by Crippen LogP contribution is -1.98. The van der Waals surface area contributed by atoms with Crippen LogP contribution in [0.3, 0.4) is 0 Å². The first-order chi connectivity index (χ1) is 9.38. The summed E-state index contributed by atoms with van der Waals surface area (Å²) in [5.41, 5.74) is 8.73. The SMILES string of the molecule is Cc1c(C)c(C)c(C)c(C)c1C.O=C=NSSN=C=O. The second-order valence-electron chi connectivity index (χ2n) is 4.26. The molecule has 0 aliphatic carbocycles. The molecule has 0 aliphatic rings. The maximum atomic E-state index is 9.30. The van der Waals surface area contributed by atoms with E-state index in [9.17, 15) is 9.59 Å². The van der Waals surface area contributed by atoms with Gasteiger partial charge in [0.05, 0.1) is 22.0 Å². The standard InChI is InChI=1S/C12H18.C2N2O2S2/c1-7-8(2)10(4)12(6)11(5)9(7)3;5-1-3-7-8-4-2-6/h1-6H3;. The van der Waals surface area contributed by atoms with Gasteiger partial charge in [-0.05, 0) is 74.9 Å². The third-order valence-corrected chi connectivity index (χ3v) is 4.57. The van der Waals surface area contributed by atoms with Crippen LogP contribution in [0.25, 0.3) is 0 Å². The van der Waals surface area contributed by atoms with E-state index in [1.807, 2.05) is 0 Å². The van der Waals surface area contributed by atoms with Gasteiger partial charge in [-0.3, -0.25) is 0 Å². The monoisotopic (exact) mass is 310 g/mol. The number of benzene rings is 1. The minimum atomic E-state index is 0.767. The molecule has 1 rings (SSSR count). The van der Waals surface area contributed by atoms with Crippen molar-refractivity contribution in [1.82, 2.24) is 0 Å². The Morgan fingerprint density at radius 3 is 0.950 bits per heavy atom. The Morgan fingerprint density at radius 2 is 0.800 bits per heavy atom. The molecule has 4 nitrogen and oxygen atoms in total. The normalized spacial score (nSPS) is 8.90. The topological polar surface area (TPSA) is 58.9 Å². The van der Waals surface area contributed by atoms with Crippen LogP contribution in [-0.2, 0) is 9.59 Å². The van der Waals surface area contributed by atoms with Crippen molar-refractivity contribution in [2.75, 3.05) is 0 Å². The highest BCUT2D eigenvalue weighted by molar-refractivity contribution is 8.75. The first-order valence-corrected chi connectivity index (χ1v) is 7.95. The van der Waals surface area contributed by atoms with E-state index in [-0.39, 0.29) is 0 Å². The number of carbonyl (C=O) groups excluding carboxylic acids is 2. The Kier molecular flexibility index (Phi) is 8.93. The van der Waals surface area contributed by atoms with E-state index < -0.39 is 0 Å². The lowest BCUT2D eigenvalue weighted by molar-refractivity contribution is 0.565. The predicted molar refractivity (Wildman–Crippen MR) is 86.3 cm³/mol. The lowest BCUT2D eigenvalue weighted by Gasteiger charge is -2.15. The second-order valence-corrected chi connectivity index (χ2v) is 5.82. The molecule has 0 fully saturated rings. The summed E-state index contributed by atoms with van der Waals surface area (Å²) in [6, 6.07) is 0. The van der Waals surface area contributed by atoms with Crippen LogP contribution in [-0.4, -0.2) is 12.2 Å². The van der Waals surface area contributed by atoms with Gasteiger partial charge in [-0.25, -0.2) is 9.59 Å². The summed E-state index contributed by atoms with van der Waals surface area (Å²) in [4.78, 5) is 18.6. The molecule has 0 spiro atoms. The van der Waals surface area contributed by atoms with Gasteiger partial charge in [-0.2, -0.15) is 0 Å². The van der Waals surface area contributed by atoms with Crippen LogP contribution in [0.1, 0.15) is 33.4 Å². The zero-order valence-corrected chi connectivity index (χ0v) is 14.2. The zero-order valence-electron chi connectivity index (χ0n) is 12.5. The van der Waals surface area contributed by atoms with Crippen molar-refractivity contribution in [3.8, 4) is 0 Å². The summed E-state index contributed by atoms with van der Waals surface area (Å²) in [5, 5.41) is 0. The first kappa shape index (κ1) is 18.7. The highest BCUT2D eigenvalue weighted by Gasteiger charge is 2.07. The van der Waals surface area contributed by atoms with Gasteiger partial charge >= 0.3 is 0 Å². The maximum absolute atomic E-state index is 9.30.